The van der Waals surface area contributed by atoms with Crippen LogP contribution >= 0.6 is 0 Å². The van der Waals surface area contributed by atoms with Gasteiger partial charge in [0.05, 0.1) is 6.54 Å². The van der Waals surface area contributed by atoms with E-state index >= 15 is 0 Å². The fourth-order valence-corrected chi connectivity index (χ4v) is 2.72. The van der Waals surface area contributed by atoms with Crippen molar-refractivity contribution in [1.82, 2.24) is 14.9 Å². The molecule has 2 fully saturated rings. The van der Waals surface area contributed by atoms with E-state index in [2.05, 4.69) is 9.97 Å². The molecular weight excluding hydrogens is 258 g/mol. The van der Waals surface area contributed by atoms with E-state index in [9.17, 15) is 4.79 Å². The third-order valence-corrected chi connectivity index (χ3v) is 3.84. The van der Waals surface area contributed by atoms with Crippen molar-refractivity contribution in [3.05, 3.63) is 18.5 Å². The molecule has 6 heteroatoms. The maximum atomic E-state index is 12.4. The van der Waals surface area contributed by atoms with Gasteiger partial charge in [0.2, 0.25) is 5.91 Å². The molecule has 0 bridgehead atoms. The van der Waals surface area contributed by atoms with Crippen LogP contribution in [0.2, 0.25) is 0 Å². The van der Waals surface area contributed by atoms with Gasteiger partial charge in [0.25, 0.3) is 0 Å². The Morgan fingerprint density at radius 3 is 2.75 bits per heavy atom. The van der Waals surface area contributed by atoms with Crippen molar-refractivity contribution in [2.24, 2.45) is 5.92 Å². The molecule has 1 amide bonds. The Hall–Kier alpha value is -1.69. The minimum Gasteiger partial charge on any atom is -0.458 e. The predicted octanol–water partition coefficient (Wildman–Crippen LogP) is 0.883. The summed E-state index contributed by atoms with van der Waals surface area (Å²) in [5, 5.41) is 0. The number of carbonyl (C=O) groups excluding carboxylic acids is 1. The molecule has 2 saturated heterocycles. The summed E-state index contributed by atoms with van der Waals surface area (Å²) < 4.78 is 11.0. The first-order valence-electron chi connectivity index (χ1n) is 7.13. The maximum Gasteiger partial charge on any atom is 0.316 e. The molecule has 1 aromatic heterocycles. The number of carbonyl (C=O) groups is 1. The van der Waals surface area contributed by atoms with Crippen LogP contribution in [0.5, 0.6) is 6.01 Å². The van der Waals surface area contributed by atoms with Crippen LogP contribution in [0.4, 0.5) is 0 Å². The molecular formula is C14H19N3O3. The number of rotatable bonds is 3. The highest BCUT2D eigenvalue weighted by Gasteiger charge is 2.32. The molecule has 0 aromatic carbocycles. The summed E-state index contributed by atoms with van der Waals surface area (Å²) >= 11 is 0. The van der Waals surface area contributed by atoms with Crippen molar-refractivity contribution in [1.29, 1.82) is 0 Å². The molecule has 108 valence electrons. The van der Waals surface area contributed by atoms with E-state index in [-0.39, 0.29) is 17.9 Å². The predicted molar refractivity (Wildman–Crippen MR) is 71.2 cm³/mol. The Bertz CT molecular complexity index is 448. The second-order valence-electron chi connectivity index (χ2n) is 5.23. The minimum absolute atomic E-state index is 0.00110. The highest BCUT2D eigenvalue weighted by Crippen LogP contribution is 2.22. The molecule has 0 saturated carbocycles. The zero-order valence-corrected chi connectivity index (χ0v) is 11.4. The third kappa shape index (κ3) is 3.07. The van der Waals surface area contributed by atoms with Crippen molar-refractivity contribution in [3.8, 4) is 6.01 Å². The van der Waals surface area contributed by atoms with Crippen LogP contribution in [0.1, 0.15) is 19.3 Å². The molecule has 20 heavy (non-hydrogen) atoms. The zero-order chi connectivity index (χ0) is 13.8. The number of amides is 1. The summed E-state index contributed by atoms with van der Waals surface area (Å²) in [5.41, 5.74) is 0. The van der Waals surface area contributed by atoms with Crippen LogP contribution < -0.4 is 4.74 Å². The third-order valence-electron chi connectivity index (χ3n) is 3.84. The normalized spacial score (nSPS) is 23.8. The standard InChI is InChI=1S/C14H19N3O3/c18-13(11-3-8-19-9-4-11)17-7-2-12(10-17)20-14-15-5-1-6-16-14/h1,5-6,11-12H,2-4,7-10H2. The molecule has 0 N–H and O–H groups in total. The van der Waals surface area contributed by atoms with Crippen LogP contribution in [0, 0.1) is 5.92 Å². The van der Waals surface area contributed by atoms with Gasteiger partial charge in [0.1, 0.15) is 6.10 Å². The first kappa shape index (κ1) is 13.3. The fraction of sp³-hybridized carbons (Fsp3) is 0.643. The summed E-state index contributed by atoms with van der Waals surface area (Å²) in [7, 11) is 0. The first-order chi connectivity index (χ1) is 9.83. The van der Waals surface area contributed by atoms with Gasteiger partial charge in [-0.1, -0.05) is 0 Å². The number of aromatic nitrogens is 2. The molecule has 1 unspecified atom stereocenters. The van der Waals surface area contributed by atoms with Crippen molar-refractivity contribution in [3.63, 3.8) is 0 Å². The lowest BCUT2D eigenvalue weighted by molar-refractivity contribution is -0.137. The molecule has 6 nitrogen and oxygen atoms in total. The second kappa shape index (κ2) is 6.17. The smallest absolute Gasteiger partial charge is 0.316 e. The summed E-state index contributed by atoms with van der Waals surface area (Å²) in [4.78, 5) is 22.4. The van der Waals surface area contributed by atoms with E-state index in [1.807, 2.05) is 4.90 Å². The fourth-order valence-electron chi connectivity index (χ4n) is 2.72. The number of nitrogens with zero attached hydrogens (tertiary/aromatic N) is 3. The van der Waals surface area contributed by atoms with Crippen LogP contribution in [-0.2, 0) is 9.53 Å². The highest BCUT2D eigenvalue weighted by atomic mass is 16.5. The molecule has 1 atom stereocenters. The van der Waals surface area contributed by atoms with Crippen LogP contribution in [0.3, 0.4) is 0 Å². The van der Waals surface area contributed by atoms with Gasteiger partial charge in [-0.3, -0.25) is 4.79 Å². The van der Waals surface area contributed by atoms with Gasteiger partial charge < -0.3 is 14.4 Å². The molecule has 1 aromatic rings. The van der Waals surface area contributed by atoms with Gasteiger partial charge in [0, 0.05) is 44.5 Å². The van der Waals surface area contributed by atoms with E-state index in [0.29, 0.717) is 25.8 Å². The van der Waals surface area contributed by atoms with E-state index < -0.39 is 0 Å². The Kier molecular flexibility index (Phi) is 4.11. The molecule has 0 aliphatic carbocycles. The highest BCUT2D eigenvalue weighted by molar-refractivity contribution is 5.79. The first-order valence-corrected chi connectivity index (χ1v) is 7.13. The largest absolute Gasteiger partial charge is 0.458 e. The summed E-state index contributed by atoms with van der Waals surface area (Å²) in [5.74, 6) is 0.365. The maximum absolute atomic E-state index is 12.4. The minimum atomic E-state index is 0.00110. The number of hydrogen-bond donors (Lipinski definition) is 0. The van der Waals surface area contributed by atoms with E-state index in [1.54, 1.807) is 18.5 Å². The van der Waals surface area contributed by atoms with Crippen molar-refractivity contribution >= 4 is 5.91 Å². The Morgan fingerprint density at radius 2 is 2.00 bits per heavy atom. The Labute approximate surface area is 118 Å². The van der Waals surface area contributed by atoms with Crippen molar-refractivity contribution < 1.29 is 14.3 Å². The molecule has 3 heterocycles. The van der Waals surface area contributed by atoms with Crippen LogP contribution in [0.15, 0.2) is 18.5 Å². The lowest BCUT2D eigenvalue weighted by Crippen LogP contribution is -2.38. The van der Waals surface area contributed by atoms with Gasteiger partial charge in [-0.05, 0) is 18.9 Å². The van der Waals surface area contributed by atoms with Crippen molar-refractivity contribution in [2.75, 3.05) is 26.3 Å². The topological polar surface area (TPSA) is 64.5 Å². The lowest BCUT2D eigenvalue weighted by Gasteiger charge is -2.26. The van der Waals surface area contributed by atoms with Gasteiger partial charge in [-0.2, -0.15) is 0 Å². The monoisotopic (exact) mass is 277 g/mol. The average Bonchev–Trinajstić information content (AvgIpc) is 2.97. The second-order valence-corrected chi connectivity index (χ2v) is 5.23. The van der Waals surface area contributed by atoms with Gasteiger partial charge in [0.15, 0.2) is 0 Å². The van der Waals surface area contributed by atoms with Crippen LogP contribution in [0.25, 0.3) is 0 Å². The Morgan fingerprint density at radius 1 is 1.25 bits per heavy atom. The van der Waals surface area contributed by atoms with E-state index in [1.165, 1.54) is 0 Å². The molecule has 0 spiro atoms. The van der Waals surface area contributed by atoms with Crippen LogP contribution in [-0.4, -0.2) is 53.2 Å². The average molecular weight is 277 g/mol. The molecule has 3 rings (SSSR count). The quantitative estimate of drug-likeness (QED) is 0.820. The lowest BCUT2D eigenvalue weighted by atomic mass is 9.99. The summed E-state index contributed by atoms with van der Waals surface area (Å²) in [6.07, 6.45) is 5.82. The SMILES string of the molecule is O=C(C1CCOCC1)N1CCC(Oc2ncccn2)C1. The molecule has 2 aliphatic rings. The van der Waals surface area contributed by atoms with Crippen molar-refractivity contribution in [2.45, 2.75) is 25.4 Å². The Balaban J connectivity index is 1.52. The summed E-state index contributed by atoms with van der Waals surface area (Å²) in [6, 6.07) is 2.14. The number of ether oxygens (including phenoxy) is 2. The summed E-state index contributed by atoms with van der Waals surface area (Å²) in [6.45, 7) is 2.78. The molecule has 0 radical (unpaired) electrons. The van der Waals surface area contributed by atoms with E-state index in [4.69, 9.17) is 9.47 Å². The number of likely N-dealkylation sites (tertiary alicyclic amines) is 1. The van der Waals surface area contributed by atoms with Gasteiger partial charge >= 0.3 is 6.01 Å². The van der Waals surface area contributed by atoms with Gasteiger partial charge in [-0.25, -0.2) is 9.97 Å². The number of hydrogen-bond acceptors (Lipinski definition) is 5. The van der Waals surface area contributed by atoms with E-state index in [0.717, 1.165) is 25.8 Å². The zero-order valence-electron chi connectivity index (χ0n) is 11.4. The molecule has 2 aliphatic heterocycles. The van der Waals surface area contributed by atoms with Gasteiger partial charge in [-0.15, -0.1) is 0 Å².